The lowest BCUT2D eigenvalue weighted by Gasteiger charge is -2.11. The number of nitrogens with two attached hydrogens (primary N) is 1. The summed E-state index contributed by atoms with van der Waals surface area (Å²) in [6.07, 6.45) is 1.83. The van der Waals surface area contributed by atoms with E-state index in [0.29, 0.717) is 16.4 Å². The third-order valence-corrected chi connectivity index (χ3v) is 4.26. The first-order valence-electron chi connectivity index (χ1n) is 7.57. The van der Waals surface area contributed by atoms with Crippen LogP contribution in [0.5, 0.6) is 0 Å². The molecule has 0 radical (unpaired) electrons. The van der Waals surface area contributed by atoms with Gasteiger partial charge in [-0.15, -0.1) is 0 Å². The number of hydrogen-bond acceptors (Lipinski definition) is 4. The summed E-state index contributed by atoms with van der Waals surface area (Å²) in [4.78, 5) is 12.0. The van der Waals surface area contributed by atoms with Gasteiger partial charge < -0.3 is 10.7 Å². The Morgan fingerprint density at radius 1 is 1.00 bits per heavy atom. The molecule has 0 aliphatic heterocycles. The van der Waals surface area contributed by atoms with Crippen molar-refractivity contribution in [3.8, 4) is 28.6 Å². The summed E-state index contributed by atoms with van der Waals surface area (Å²) < 4.78 is 0. The van der Waals surface area contributed by atoms with Crippen LogP contribution in [0.25, 0.3) is 33.4 Å². The fraction of sp³-hybridized carbons (Fsp3) is 0. The van der Waals surface area contributed by atoms with Crippen molar-refractivity contribution in [3.05, 3.63) is 65.4 Å². The number of aromatic nitrogens is 3. The summed E-state index contributed by atoms with van der Waals surface area (Å²) in [6.45, 7) is 0. The maximum Gasteiger partial charge on any atom is 0.183 e. The highest BCUT2D eigenvalue weighted by Crippen LogP contribution is 2.34. The van der Waals surface area contributed by atoms with Crippen LogP contribution in [0.15, 0.2) is 54.7 Å². The molecule has 0 fully saturated rings. The van der Waals surface area contributed by atoms with Crippen molar-refractivity contribution in [2.45, 2.75) is 0 Å². The molecule has 2 aromatic carbocycles. The Morgan fingerprint density at radius 2 is 1.76 bits per heavy atom. The van der Waals surface area contributed by atoms with Crippen LogP contribution >= 0.6 is 11.6 Å². The molecule has 2 heterocycles. The number of fused-ring (bicyclic) bond motifs is 1. The molecule has 0 amide bonds. The fourth-order valence-corrected chi connectivity index (χ4v) is 3.07. The molecule has 0 aliphatic rings. The lowest BCUT2D eigenvalue weighted by atomic mass is 10.0. The van der Waals surface area contributed by atoms with Crippen molar-refractivity contribution in [3.63, 3.8) is 0 Å². The molecule has 0 spiro atoms. The van der Waals surface area contributed by atoms with Gasteiger partial charge >= 0.3 is 0 Å². The second-order valence-corrected chi connectivity index (χ2v) is 5.94. The third kappa shape index (κ3) is 2.59. The smallest absolute Gasteiger partial charge is 0.183 e. The average molecular weight is 346 g/mol. The van der Waals surface area contributed by atoms with Gasteiger partial charge in [0, 0.05) is 22.7 Å². The molecule has 0 unspecified atom stereocenters. The quantitative estimate of drug-likeness (QED) is 0.563. The maximum absolute atomic E-state index is 9.28. The highest BCUT2D eigenvalue weighted by Gasteiger charge is 2.16. The van der Waals surface area contributed by atoms with E-state index < -0.39 is 0 Å². The lowest BCUT2D eigenvalue weighted by Crippen LogP contribution is -2.03. The number of H-pyrrole nitrogens is 1. The van der Waals surface area contributed by atoms with Gasteiger partial charge in [-0.2, -0.15) is 5.26 Å². The highest BCUT2D eigenvalue weighted by atomic mass is 35.5. The Hall–Kier alpha value is -3.36. The van der Waals surface area contributed by atoms with Crippen molar-refractivity contribution in [2.24, 2.45) is 0 Å². The van der Waals surface area contributed by atoms with Crippen LogP contribution in [0.1, 0.15) is 5.69 Å². The number of anilines is 1. The number of nitrogen functional groups attached to an aromatic ring is 1. The van der Waals surface area contributed by atoms with Crippen LogP contribution in [-0.4, -0.2) is 15.0 Å². The Balaban J connectivity index is 2.03. The number of rotatable bonds is 2. The maximum atomic E-state index is 9.28. The first kappa shape index (κ1) is 15.2. The summed E-state index contributed by atoms with van der Waals surface area (Å²) in [7, 11) is 0. The van der Waals surface area contributed by atoms with Crippen LogP contribution in [0, 0.1) is 11.3 Å². The molecule has 0 saturated heterocycles. The van der Waals surface area contributed by atoms with Crippen LogP contribution in [0.2, 0.25) is 5.02 Å². The lowest BCUT2D eigenvalue weighted by molar-refractivity contribution is 1.18. The van der Waals surface area contributed by atoms with Gasteiger partial charge in [0.1, 0.15) is 6.07 Å². The monoisotopic (exact) mass is 345 g/mol. The van der Waals surface area contributed by atoms with Crippen molar-refractivity contribution in [1.82, 2.24) is 15.0 Å². The topological polar surface area (TPSA) is 91.4 Å². The molecule has 120 valence electrons. The SMILES string of the molecule is N#Cc1nc(-c2cc(Cl)c3[nH]ccc3c2)c(-c2ccccc2)nc1N. The Morgan fingerprint density at radius 3 is 2.52 bits per heavy atom. The summed E-state index contributed by atoms with van der Waals surface area (Å²) in [5, 5.41) is 10.8. The standard InChI is InChI=1S/C19H12ClN5/c20-14-9-13(8-12-6-7-23-16(12)14)18-17(11-4-2-1-3-5-11)25-19(22)15(10-21)24-18/h1-9,23H,(H2,22,25). The number of aromatic amines is 1. The van der Waals surface area contributed by atoms with Gasteiger partial charge in [0.2, 0.25) is 0 Å². The van der Waals surface area contributed by atoms with E-state index >= 15 is 0 Å². The average Bonchev–Trinajstić information content (AvgIpc) is 3.11. The van der Waals surface area contributed by atoms with E-state index in [1.165, 1.54) is 0 Å². The molecule has 0 saturated carbocycles. The number of hydrogen-bond donors (Lipinski definition) is 2. The predicted octanol–water partition coefficient (Wildman–Crippen LogP) is 4.40. The minimum absolute atomic E-state index is 0.0972. The Bertz CT molecular complexity index is 1130. The molecule has 4 rings (SSSR count). The van der Waals surface area contributed by atoms with Crippen molar-refractivity contribution >= 4 is 28.3 Å². The number of nitrogens with one attached hydrogen (secondary N) is 1. The first-order valence-corrected chi connectivity index (χ1v) is 7.95. The summed E-state index contributed by atoms with van der Waals surface area (Å²) in [5.74, 6) is 0.110. The fourth-order valence-electron chi connectivity index (χ4n) is 2.79. The minimum atomic E-state index is 0.0972. The molecular formula is C19H12ClN5. The molecule has 4 aromatic rings. The van der Waals surface area contributed by atoms with Crippen LogP contribution < -0.4 is 5.73 Å². The van der Waals surface area contributed by atoms with Gasteiger partial charge in [-0.3, -0.25) is 0 Å². The number of benzene rings is 2. The first-order chi connectivity index (χ1) is 12.2. The van der Waals surface area contributed by atoms with E-state index in [1.807, 2.05) is 60.8 Å². The third-order valence-electron chi connectivity index (χ3n) is 3.96. The van der Waals surface area contributed by atoms with Gasteiger partial charge in [0.25, 0.3) is 0 Å². The van der Waals surface area contributed by atoms with Gasteiger partial charge in [-0.25, -0.2) is 9.97 Å². The Labute approximate surface area is 148 Å². The molecule has 25 heavy (non-hydrogen) atoms. The van der Waals surface area contributed by atoms with Gasteiger partial charge in [0.05, 0.1) is 21.9 Å². The van der Waals surface area contributed by atoms with Crippen LogP contribution in [0.4, 0.5) is 5.82 Å². The molecule has 6 heteroatoms. The van der Waals surface area contributed by atoms with E-state index in [4.69, 9.17) is 17.3 Å². The molecule has 0 aliphatic carbocycles. The Kier molecular flexibility index (Phi) is 3.60. The zero-order valence-corrected chi connectivity index (χ0v) is 13.7. The van der Waals surface area contributed by atoms with Gasteiger partial charge in [0.15, 0.2) is 11.5 Å². The highest BCUT2D eigenvalue weighted by molar-refractivity contribution is 6.35. The van der Waals surface area contributed by atoms with E-state index in [2.05, 4.69) is 15.0 Å². The molecular weight excluding hydrogens is 334 g/mol. The number of nitrogens with zero attached hydrogens (tertiary/aromatic N) is 3. The van der Waals surface area contributed by atoms with E-state index in [9.17, 15) is 5.26 Å². The van der Waals surface area contributed by atoms with Crippen LogP contribution in [-0.2, 0) is 0 Å². The number of halogens is 1. The summed E-state index contributed by atoms with van der Waals surface area (Å²) in [5.41, 5.74) is 9.68. The second-order valence-electron chi connectivity index (χ2n) is 5.53. The molecule has 2 aromatic heterocycles. The second kappa shape index (κ2) is 5.93. The molecule has 0 atom stereocenters. The predicted molar refractivity (Wildman–Crippen MR) is 98.9 cm³/mol. The van der Waals surface area contributed by atoms with E-state index in [0.717, 1.165) is 22.0 Å². The minimum Gasteiger partial charge on any atom is -0.381 e. The number of nitriles is 1. The van der Waals surface area contributed by atoms with Gasteiger partial charge in [-0.05, 0) is 18.2 Å². The van der Waals surface area contributed by atoms with Crippen LogP contribution in [0.3, 0.4) is 0 Å². The molecule has 3 N–H and O–H groups in total. The molecule has 5 nitrogen and oxygen atoms in total. The van der Waals surface area contributed by atoms with E-state index in [-0.39, 0.29) is 11.5 Å². The zero-order valence-electron chi connectivity index (χ0n) is 13.0. The largest absolute Gasteiger partial charge is 0.381 e. The van der Waals surface area contributed by atoms with Gasteiger partial charge in [-0.1, -0.05) is 41.9 Å². The van der Waals surface area contributed by atoms with E-state index in [1.54, 1.807) is 0 Å². The van der Waals surface area contributed by atoms with Crippen molar-refractivity contribution in [1.29, 1.82) is 5.26 Å². The van der Waals surface area contributed by atoms with Crippen molar-refractivity contribution < 1.29 is 0 Å². The molecule has 0 bridgehead atoms. The van der Waals surface area contributed by atoms with Crippen molar-refractivity contribution in [2.75, 3.05) is 5.73 Å². The zero-order chi connectivity index (χ0) is 17.4. The normalized spacial score (nSPS) is 10.7. The summed E-state index contributed by atoms with van der Waals surface area (Å²) in [6, 6.07) is 17.3. The summed E-state index contributed by atoms with van der Waals surface area (Å²) >= 11 is 6.39.